The highest BCUT2D eigenvalue weighted by molar-refractivity contribution is 6.35. The quantitative estimate of drug-likeness (QED) is 0.668. The molecule has 0 N–H and O–H groups in total. The number of hydrogen-bond donors (Lipinski definition) is 0. The molecule has 29 heavy (non-hydrogen) atoms. The molecule has 158 valence electrons. The van der Waals surface area contributed by atoms with Crippen molar-refractivity contribution in [2.24, 2.45) is 5.41 Å². The number of halogens is 2. The molecule has 2 aromatic rings. The maximum atomic E-state index is 6.36. The first kappa shape index (κ1) is 22.2. The largest absolute Gasteiger partial charge is 0.379 e. The minimum atomic E-state index is -0.317. The summed E-state index contributed by atoms with van der Waals surface area (Å²) < 4.78 is 7.46. The number of benzene rings is 1. The summed E-state index contributed by atoms with van der Waals surface area (Å²) >= 11 is 12.4. The molecule has 1 saturated heterocycles. The van der Waals surface area contributed by atoms with Crippen LogP contribution in [0.4, 0.5) is 0 Å². The van der Waals surface area contributed by atoms with Crippen LogP contribution in [-0.4, -0.2) is 51.4 Å². The number of aromatic nitrogens is 4. The van der Waals surface area contributed by atoms with E-state index in [0.717, 1.165) is 37.7 Å². The van der Waals surface area contributed by atoms with Crippen LogP contribution in [0, 0.1) is 5.41 Å². The van der Waals surface area contributed by atoms with E-state index in [-0.39, 0.29) is 17.0 Å². The van der Waals surface area contributed by atoms with Gasteiger partial charge in [0, 0.05) is 23.1 Å². The summed E-state index contributed by atoms with van der Waals surface area (Å²) in [4.78, 5) is 2.37. The molecule has 0 aliphatic carbocycles. The molecule has 2 heterocycles. The molecule has 1 aromatic heterocycles. The van der Waals surface area contributed by atoms with Gasteiger partial charge in [-0.3, -0.25) is 4.90 Å². The second kappa shape index (κ2) is 8.72. The van der Waals surface area contributed by atoms with Crippen molar-refractivity contribution in [1.29, 1.82) is 0 Å². The van der Waals surface area contributed by atoms with Crippen LogP contribution in [0.2, 0.25) is 10.0 Å². The molecule has 0 radical (unpaired) electrons. The summed E-state index contributed by atoms with van der Waals surface area (Å²) in [5.41, 5.74) is 0.482. The second-order valence-corrected chi connectivity index (χ2v) is 9.78. The zero-order chi connectivity index (χ0) is 21.2. The SMILES string of the molecule is CC(C)(C)[C@@H](/C=C/c1ccc(Cl)cc1Cl)n1nnnc1C(C)(C)N1CCOCC1. The molecule has 1 fully saturated rings. The molecular weight excluding hydrogens is 409 g/mol. The highest BCUT2D eigenvalue weighted by Gasteiger charge is 2.38. The van der Waals surface area contributed by atoms with E-state index in [1.54, 1.807) is 6.07 Å². The first-order valence-electron chi connectivity index (χ1n) is 9.85. The van der Waals surface area contributed by atoms with Crippen LogP contribution >= 0.6 is 23.2 Å². The van der Waals surface area contributed by atoms with Gasteiger partial charge in [0.25, 0.3) is 0 Å². The first-order valence-corrected chi connectivity index (χ1v) is 10.6. The smallest absolute Gasteiger partial charge is 0.171 e. The summed E-state index contributed by atoms with van der Waals surface area (Å²) in [6.07, 6.45) is 4.13. The van der Waals surface area contributed by atoms with Crippen molar-refractivity contribution in [2.45, 2.75) is 46.2 Å². The van der Waals surface area contributed by atoms with Gasteiger partial charge in [0.1, 0.15) is 0 Å². The van der Waals surface area contributed by atoms with E-state index in [0.29, 0.717) is 10.0 Å². The Labute approximate surface area is 182 Å². The lowest BCUT2D eigenvalue weighted by molar-refractivity contribution is -0.0171. The van der Waals surface area contributed by atoms with Gasteiger partial charge in [-0.1, -0.05) is 62.2 Å². The molecule has 1 aliphatic rings. The molecule has 0 spiro atoms. The molecule has 0 unspecified atom stereocenters. The summed E-state index contributed by atoms with van der Waals surface area (Å²) in [5, 5.41) is 14.1. The Balaban J connectivity index is 1.97. The Morgan fingerprint density at radius 1 is 1.10 bits per heavy atom. The van der Waals surface area contributed by atoms with Crippen molar-refractivity contribution in [3.63, 3.8) is 0 Å². The van der Waals surface area contributed by atoms with Crippen LogP contribution in [0.25, 0.3) is 6.08 Å². The molecule has 1 aromatic carbocycles. The fraction of sp³-hybridized carbons (Fsp3) is 0.571. The molecule has 8 heteroatoms. The van der Waals surface area contributed by atoms with Crippen molar-refractivity contribution in [3.8, 4) is 0 Å². The van der Waals surface area contributed by atoms with E-state index in [4.69, 9.17) is 27.9 Å². The van der Waals surface area contributed by atoms with E-state index in [2.05, 4.69) is 61.1 Å². The summed E-state index contributed by atoms with van der Waals surface area (Å²) in [7, 11) is 0. The number of nitrogens with zero attached hydrogens (tertiary/aromatic N) is 5. The minimum absolute atomic E-state index is 0.0560. The van der Waals surface area contributed by atoms with E-state index in [1.807, 2.05) is 22.9 Å². The molecule has 6 nitrogen and oxygen atoms in total. The van der Waals surface area contributed by atoms with Crippen LogP contribution in [0.1, 0.15) is 52.0 Å². The average Bonchev–Trinajstić information content (AvgIpc) is 3.13. The Morgan fingerprint density at radius 3 is 2.41 bits per heavy atom. The predicted molar refractivity (Wildman–Crippen MR) is 117 cm³/mol. The number of tetrazole rings is 1. The third-order valence-electron chi connectivity index (χ3n) is 5.41. The van der Waals surface area contributed by atoms with Gasteiger partial charge < -0.3 is 4.74 Å². The van der Waals surface area contributed by atoms with Gasteiger partial charge in [-0.05, 0) is 47.4 Å². The zero-order valence-corrected chi connectivity index (χ0v) is 19.2. The lowest BCUT2D eigenvalue weighted by atomic mass is 9.85. The topological polar surface area (TPSA) is 56.1 Å². The van der Waals surface area contributed by atoms with Gasteiger partial charge in [0.15, 0.2) is 5.82 Å². The van der Waals surface area contributed by atoms with Gasteiger partial charge in [-0.2, -0.15) is 0 Å². The van der Waals surface area contributed by atoms with Gasteiger partial charge in [-0.25, -0.2) is 4.68 Å². The molecule has 0 saturated carbocycles. The Kier molecular flexibility index (Phi) is 6.68. The Morgan fingerprint density at radius 2 is 1.79 bits per heavy atom. The number of allylic oxidation sites excluding steroid dienone is 1. The van der Waals surface area contributed by atoms with Crippen molar-refractivity contribution in [2.75, 3.05) is 26.3 Å². The van der Waals surface area contributed by atoms with Crippen molar-refractivity contribution < 1.29 is 4.74 Å². The predicted octanol–water partition coefficient (Wildman–Crippen LogP) is 4.85. The molecule has 0 bridgehead atoms. The van der Waals surface area contributed by atoms with E-state index in [9.17, 15) is 0 Å². The maximum absolute atomic E-state index is 6.36. The Bertz CT molecular complexity index is 866. The number of hydrogen-bond acceptors (Lipinski definition) is 5. The van der Waals surface area contributed by atoms with Crippen LogP contribution in [0.3, 0.4) is 0 Å². The molecule has 3 rings (SSSR count). The van der Waals surface area contributed by atoms with Crippen molar-refractivity contribution >= 4 is 29.3 Å². The van der Waals surface area contributed by atoms with Crippen molar-refractivity contribution in [3.05, 3.63) is 45.7 Å². The van der Waals surface area contributed by atoms with Crippen molar-refractivity contribution in [1.82, 2.24) is 25.1 Å². The molecule has 0 amide bonds. The third-order valence-corrected chi connectivity index (χ3v) is 5.98. The number of ether oxygens (including phenoxy) is 1. The highest BCUT2D eigenvalue weighted by Crippen LogP contribution is 2.36. The van der Waals surface area contributed by atoms with Gasteiger partial charge in [-0.15, -0.1) is 5.10 Å². The molecule has 1 atom stereocenters. The Hall–Kier alpha value is -1.47. The maximum Gasteiger partial charge on any atom is 0.171 e. The average molecular weight is 438 g/mol. The highest BCUT2D eigenvalue weighted by atomic mass is 35.5. The van der Waals surface area contributed by atoms with Gasteiger partial charge >= 0.3 is 0 Å². The van der Waals surface area contributed by atoms with E-state index in [1.165, 1.54) is 0 Å². The number of rotatable bonds is 5. The standard InChI is InChI=1S/C21H29Cl2N5O/c1-20(2,3)18(9-7-15-6-8-16(22)14-17(15)23)28-19(24-25-26-28)21(4,5)27-10-12-29-13-11-27/h6-9,14,18H,10-13H2,1-5H3/b9-7+/t18-/m1/s1. The lowest BCUT2D eigenvalue weighted by Crippen LogP contribution is -2.49. The van der Waals surface area contributed by atoms with Crippen LogP contribution < -0.4 is 0 Å². The fourth-order valence-electron chi connectivity index (χ4n) is 3.62. The fourth-order valence-corrected chi connectivity index (χ4v) is 4.09. The normalized spacial score (nSPS) is 17.8. The van der Waals surface area contributed by atoms with E-state index >= 15 is 0 Å². The van der Waals surface area contributed by atoms with E-state index < -0.39 is 0 Å². The first-order chi connectivity index (χ1) is 13.6. The third kappa shape index (κ3) is 5.00. The number of morpholine rings is 1. The monoisotopic (exact) mass is 437 g/mol. The van der Waals surface area contributed by atoms with Gasteiger partial charge in [0.2, 0.25) is 0 Å². The van der Waals surface area contributed by atoms with Crippen LogP contribution in [0.15, 0.2) is 24.3 Å². The molecule has 1 aliphatic heterocycles. The lowest BCUT2D eigenvalue weighted by Gasteiger charge is -2.41. The molecular formula is C21H29Cl2N5O. The van der Waals surface area contributed by atoms with Gasteiger partial charge in [0.05, 0.1) is 24.8 Å². The van der Waals surface area contributed by atoms with Crippen LogP contribution in [0.5, 0.6) is 0 Å². The van der Waals surface area contributed by atoms with Crippen LogP contribution in [-0.2, 0) is 10.3 Å². The minimum Gasteiger partial charge on any atom is -0.379 e. The summed E-state index contributed by atoms with van der Waals surface area (Å²) in [6.45, 7) is 14.0. The second-order valence-electron chi connectivity index (χ2n) is 8.94. The summed E-state index contributed by atoms with van der Waals surface area (Å²) in [6, 6.07) is 5.45. The summed E-state index contributed by atoms with van der Waals surface area (Å²) in [5.74, 6) is 0.839. The zero-order valence-electron chi connectivity index (χ0n) is 17.7.